The van der Waals surface area contributed by atoms with Crippen molar-refractivity contribution in [2.24, 2.45) is 0 Å². The third-order valence-electron chi connectivity index (χ3n) is 3.37. The number of ether oxygens (including phenoxy) is 1. The minimum absolute atomic E-state index is 0.256. The number of hydrogen-bond acceptors (Lipinski definition) is 3. The third-order valence-corrected chi connectivity index (χ3v) is 3.37. The molecule has 0 bridgehead atoms. The Kier molecular flexibility index (Phi) is 7.87. The van der Waals surface area contributed by atoms with E-state index in [-0.39, 0.29) is 5.54 Å². The molecule has 0 atom stereocenters. The van der Waals surface area contributed by atoms with Crippen molar-refractivity contribution >= 4 is 0 Å². The lowest BCUT2D eigenvalue weighted by Crippen LogP contribution is -2.36. The first-order valence-corrected chi connectivity index (χ1v) is 7.63. The van der Waals surface area contributed by atoms with E-state index in [4.69, 9.17) is 4.74 Å². The van der Waals surface area contributed by atoms with Crippen LogP contribution in [0.25, 0.3) is 0 Å². The molecule has 1 N–H and O–H groups in total. The first kappa shape index (κ1) is 15.9. The first-order valence-electron chi connectivity index (χ1n) is 7.63. The van der Waals surface area contributed by atoms with Gasteiger partial charge in [-0.05, 0) is 72.5 Å². The SMILES string of the molecule is CC(C)(C)NCCCCCOCCN1CCCC1. The molecule has 0 amide bonds. The topological polar surface area (TPSA) is 24.5 Å². The van der Waals surface area contributed by atoms with Crippen LogP contribution in [0, 0.1) is 0 Å². The molecule has 0 spiro atoms. The molecule has 1 heterocycles. The van der Waals surface area contributed by atoms with E-state index in [2.05, 4.69) is 31.0 Å². The zero-order chi connectivity index (χ0) is 13.3. The Morgan fingerprint density at radius 1 is 1.00 bits per heavy atom. The summed E-state index contributed by atoms with van der Waals surface area (Å²) in [5.41, 5.74) is 0.256. The smallest absolute Gasteiger partial charge is 0.0593 e. The fourth-order valence-corrected chi connectivity index (χ4v) is 2.27. The third kappa shape index (κ3) is 8.90. The Morgan fingerprint density at radius 2 is 1.72 bits per heavy atom. The van der Waals surface area contributed by atoms with Crippen LogP contribution < -0.4 is 5.32 Å². The maximum atomic E-state index is 5.68. The molecule has 1 aliphatic heterocycles. The summed E-state index contributed by atoms with van der Waals surface area (Å²) in [7, 11) is 0. The molecule has 0 radical (unpaired) electrons. The summed E-state index contributed by atoms with van der Waals surface area (Å²) in [6.45, 7) is 13.3. The zero-order valence-corrected chi connectivity index (χ0v) is 12.6. The maximum Gasteiger partial charge on any atom is 0.0593 e. The fourth-order valence-electron chi connectivity index (χ4n) is 2.27. The number of hydrogen-bond donors (Lipinski definition) is 1. The number of nitrogens with zero attached hydrogens (tertiary/aromatic N) is 1. The summed E-state index contributed by atoms with van der Waals surface area (Å²) in [5.74, 6) is 0. The van der Waals surface area contributed by atoms with E-state index in [1.807, 2.05) is 0 Å². The van der Waals surface area contributed by atoms with Gasteiger partial charge >= 0.3 is 0 Å². The van der Waals surface area contributed by atoms with Crippen molar-refractivity contribution in [2.45, 2.75) is 58.4 Å². The van der Waals surface area contributed by atoms with E-state index in [0.717, 1.165) is 26.3 Å². The molecule has 0 aromatic heterocycles. The summed E-state index contributed by atoms with van der Waals surface area (Å²) in [4.78, 5) is 2.51. The standard InChI is InChI=1S/C15H32N2O/c1-15(2,3)16-9-5-4-8-13-18-14-12-17-10-6-7-11-17/h16H,4-14H2,1-3H3. The molecule has 0 unspecified atom stereocenters. The Hall–Kier alpha value is -0.120. The highest BCUT2D eigenvalue weighted by Gasteiger charge is 2.10. The van der Waals surface area contributed by atoms with Crippen LogP contribution >= 0.6 is 0 Å². The van der Waals surface area contributed by atoms with Crippen LogP contribution in [0.3, 0.4) is 0 Å². The Morgan fingerprint density at radius 3 is 2.39 bits per heavy atom. The molecule has 1 aliphatic rings. The molecular formula is C15H32N2O. The molecule has 0 aliphatic carbocycles. The Labute approximate surface area is 113 Å². The number of rotatable bonds is 9. The average molecular weight is 256 g/mol. The molecular weight excluding hydrogens is 224 g/mol. The number of nitrogens with one attached hydrogen (secondary N) is 1. The second kappa shape index (κ2) is 8.89. The van der Waals surface area contributed by atoms with Crippen molar-refractivity contribution in [1.29, 1.82) is 0 Å². The highest BCUT2D eigenvalue weighted by molar-refractivity contribution is 4.69. The van der Waals surface area contributed by atoms with E-state index in [1.54, 1.807) is 0 Å². The summed E-state index contributed by atoms with van der Waals surface area (Å²) in [6.07, 6.45) is 6.48. The highest BCUT2D eigenvalue weighted by Crippen LogP contribution is 2.06. The minimum atomic E-state index is 0.256. The molecule has 1 saturated heterocycles. The van der Waals surface area contributed by atoms with Gasteiger partial charge in [-0.25, -0.2) is 0 Å². The van der Waals surface area contributed by atoms with E-state index in [1.165, 1.54) is 45.2 Å². The van der Waals surface area contributed by atoms with Gasteiger partial charge in [-0.3, -0.25) is 0 Å². The molecule has 1 rings (SSSR count). The van der Waals surface area contributed by atoms with Gasteiger partial charge < -0.3 is 15.0 Å². The second-order valence-corrected chi connectivity index (χ2v) is 6.40. The summed E-state index contributed by atoms with van der Waals surface area (Å²) in [6, 6.07) is 0. The molecule has 0 aromatic rings. The predicted molar refractivity (Wildman–Crippen MR) is 78.1 cm³/mol. The molecule has 1 fully saturated rings. The van der Waals surface area contributed by atoms with Crippen molar-refractivity contribution in [2.75, 3.05) is 39.4 Å². The van der Waals surface area contributed by atoms with Crippen LogP contribution in [0.4, 0.5) is 0 Å². The Bertz CT molecular complexity index is 195. The van der Waals surface area contributed by atoms with Crippen molar-refractivity contribution < 1.29 is 4.74 Å². The van der Waals surface area contributed by atoms with Crippen LogP contribution in [0.15, 0.2) is 0 Å². The zero-order valence-electron chi connectivity index (χ0n) is 12.6. The van der Waals surface area contributed by atoms with Crippen LogP contribution in [0.5, 0.6) is 0 Å². The minimum Gasteiger partial charge on any atom is -0.380 e. The van der Waals surface area contributed by atoms with E-state index in [0.29, 0.717) is 0 Å². The predicted octanol–water partition coefficient (Wildman–Crippen LogP) is 2.66. The highest BCUT2D eigenvalue weighted by atomic mass is 16.5. The van der Waals surface area contributed by atoms with E-state index < -0.39 is 0 Å². The van der Waals surface area contributed by atoms with Gasteiger partial charge in [0.2, 0.25) is 0 Å². The van der Waals surface area contributed by atoms with E-state index >= 15 is 0 Å². The van der Waals surface area contributed by atoms with Crippen molar-refractivity contribution in [3.8, 4) is 0 Å². The first-order chi connectivity index (χ1) is 8.58. The van der Waals surface area contributed by atoms with Gasteiger partial charge in [-0.1, -0.05) is 0 Å². The van der Waals surface area contributed by atoms with Crippen LogP contribution in [-0.4, -0.2) is 49.8 Å². The lowest BCUT2D eigenvalue weighted by atomic mass is 10.1. The van der Waals surface area contributed by atoms with Gasteiger partial charge in [0.15, 0.2) is 0 Å². The molecule has 108 valence electrons. The van der Waals surface area contributed by atoms with Gasteiger partial charge in [-0.15, -0.1) is 0 Å². The van der Waals surface area contributed by atoms with Crippen molar-refractivity contribution in [3.63, 3.8) is 0 Å². The molecule has 0 saturated carbocycles. The maximum absolute atomic E-state index is 5.68. The van der Waals surface area contributed by atoms with Crippen LogP contribution in [0.2, 0.25) is 0 Å². The normalized spacial score (nSPS) is 17.5. The van der Waals surface area contributed by atoms with E-state index in [9.17, 15) is 0 Å². The summed E-state index contributed by atoms with van der Waals surface area (Å²) in [5, 5.41) is 3.51. The van der Waals surface area contributed by atoms with Crippen LogP contribution in [0.1, 0.15) is 52.9 Å². The molecule has 3 heteroatoms. The van der Waals surface area contributed by atoms with Crippen LogP contribution in [-0.2, 0) is 4.74 Å². The van der Waals surface area contributed by atoms with Gasteiger partial charge in [-0.2, -0.15) is 0 Å². The summed E-state index contributed by atoms with van der Waals surface area (Å²) < 4.78 is 5.68. The monoisotopic (exact) mass is 256 g/mol. The lowest BCUT2D eigenvalue weighted by Gasteiger charge is -2.20. The van der Waals surface area contributed by atoms with Gasteiger partial charge in [0.25, 0.3) is 0 Å². The summed E-state index contributed by atoms with van der Waals surface area (Å²) >= 11 is 0. The second-order valence-electron chi connectivity index (χ2n) is 6.40. The molecule has 3 nitrogen and oxygen atoms in total. The quantitative estimate of drug-likeness (QED) is 0.642. The van der Waals surface area contributed by atoms with Gasteiger partial charge in [0.1, 0.15) is 0 Å². The largest absolute Gasteiger partial charge is 0.380 e. The average Bonchev–Trinajstić information content (AvgIpc) is 2.78. The van der Waals surface area contributed by atoms with Crippen molar-refractivity contribution in [1.82, 2.24) is 10.2 Å². The van der Waals surface area contributed by atoms with Gasteiger partial charge in [0, 0.05) is 18.7 Å². The number of unbranched alkanes of at least 4 members (excludes halogenated alkanes) is 2. The molecule has 0 aromatic carbocycles. The molecule has 18 heavy (non-hydrogen) atoms. The van der Waals surface area contributed by atoms with Crippen molar-refractivity contribution in [3.05, 3.63) is 0 Å². The number of likely N-dealkylation sites (tertiary alicyclic amines) is 1. The fraction of sp³-hybridized carbons (Fsp3) is 1.00. The Balaban J connectivity index is 1.76. The lowest BCUT2D eigenvalue weighted by molar-refractivity contribution is 0.108. The van der Waals surface area contributed by atoms with Gasteiger partial charge in [0.05, 0.1) is 6.61 Å².